The Hall–Kier alpha value is -2.99. The second-order valence-electron chi connectivity index (χ2n) is 4.92. The van der Waals surface area contributed by atoms with Crippen LogP contribution in [0.1, 0.15) is 20.7 Å². The molecule has 2 aromatic carbocycles. The first kappa shape index (κ1) is 18.4. The molecule has 0 fully saturated rings. The lowest BCUT2D eigenvalue weighted by molar-refractivity contribution is 0.0696. The Labute approximate surface area is 149 Å². The normalized spacial score (nSPS) is 10.0. The number of carboxylic acids is 1. The topological polar surface area (TPSA) is 84.9 Å². The SMILES string of the molecule is C=CCOc1ccc(C(=O)Nc2cc(C(=O)O)ccc2OC)cc1Cl. The molecule has 0 unspecified atom stereocenters. The van der Waals surface area contributed by atoms with Crippen molar-refractivity contribution in [2.75, 3.05) is 19.0 Å². The molecule has 0 saturated heterocycles. The molecule has 0 saturated carbocycles. The second-order valence-corrected chi connectivity index (χ2v) is 5.33. The number of benzene rings is 2. The smallest absolute Gasteiger partial charge is 0.335 e. The van der Waals surface area contributed by atoms with Crippen LogP contribution in [0, 0.1) is 0 Å². The number of anilines is 1. The van der Waals surface area contributed by atoms with E-state index < -0.39 is 11.9 Å². The Kier molecular flexibility index (Phi) is 6.03. The first-order valence-electron chi connectivity index (χ1n) is 7.22. The van der Waals surface area contributed by atoms with Crippen molar-refractivity contribution in [3.8, 4) is 11.5 Å². The lowest BCUT2D eigenvalue weighted by Gasteiger charge is -2.12. The van der Waals surface area contributed by atoms with Crippen molar-refractivity contribution in [2.24, 2.45) is 0 Å². The maximum Gasteiger partial charge on any atom is 0.335 e. The highest BCUT2D eigenvalue weighted by Crippen LogP contribution is 2.28. The van der Waals surface area contributed by atoms with Gasteiger partial charge in [-0.3, -0.25) is 4.79 Å². The molecule has 0 heterocycles. The number of hydrogen-bond donors (Lipinski definition) is 2. The molecule has 0 atom stereocenters. The molecule has 0 aliphatic rings. The van der Waals surface area contributed by atoms with Crippen molar-refractivity contribution in [1.82, 2.24) is 0 Å². The van der Waals surface area contributed by atoms with E-state index in [1.54, 1.807) is 18.2 Å². The van der Waals surface area contributed by atoms with Crippen LogP contribution in [-0.4, -0.2) is 30.7 Å². The highest BCUT2D eigenvalue weighted by atomic mass is 35.5. The highest BCUT2D eigenvalue weighted by molar-refractivity contribution is 6.32. The van der Waals surface area contributed by atoms with Crippen LogP contribution in [0.2, 0.25) is 5.02 Å². The monoisotopic (exact) mass is 361 g/mol. The first-order valence-corrected chi connectivity index (χ1v) is 7.60. The van der Waals surface area contributed by atoms with Crippen molar-refractivity contribution in [3.05, 3.63) is 65.2 Å². The standard InChI is InChI=1S/C18H16ClNO5/c1-3-8-25-15-6-4-11(9-13(15)19)17(21)20-14-10-12(18(22)23)5-7-16(14)24-2/h3-7,9-10H,1,8H2,2H3,(H,20,21)(H,22,23). The first-order chi connectivity index (χ1) is 12.0. The number of nitrogens with one attached hydrogen (secondary N) is 1. The van der Waals surface area contributed by atoms with Gasteiger partial charge in [-0.05, 0) is 36.4 Å². The quantitative estimate of drug-likeness (QED) is 0.731. The number of aromatic carboxylic acids is 1. The van der Waals surface area contributed by atoms with E-state index >= 15 is 0 Å². The van der Waals surface area contributed by atoms with Crippen molar-refractivity contribution >= 4 is 29.2 Å². The van der Waals surface area contributed by atoms with Gasteiger partial charge in [0.05, 0.1) is 23.4 Å². The molecule has 0 aliphatic carbocycles. The van der Waals surface area contributed by atoms with Crippen LogP contribution in [0.25, 0.3) is 0 Å². The summed E-state index contributed by atoms with van der Waals surface area (Å²) < 4.78 is 10.5. The van der Waals surface area contributed by atoms with Crippen LogP contribution >= 0.6 is 11.6 Å². The van der Waals surface area contributed by atoms with E-state index in [4.69, 9.17) is 26.2 Å². The molecule has 2 N–H and O–H groups in total. The van der Waals surface area contributed by atoms with E-state index in [0.717, 1.165) is 0 Å². The second kappa shape index (κ2) is 8.21. The molecule has 2 rings (SSSR count). The number of methoxy groups -OCH3 is 1. The molecule has 0 aromatic heterocycles. The maximum atomic E-state index is 12.4. The Bertz CT molecular complexity index is 819. The van der Waals surface area contributed by atoms with Gasteiger partial charge >= 0.3 is 5.97 Å². The molecule has 25 heavy (non-hydrogen) atoms. The molecule has 0 spiro atoms. The van der Waals surface area contributed by atoms with Gasteiger partial charge in [-0.2, -0.15) is 0 Å². The number of amides is 1. The minimum Gasteiger partial charge on any atom is -0.495 e. The van der Waals surface area contributed by atoms with E-state index in [1.807, 2.05) is 0 Å². The summed E-state index contributed by atoms with van der Waals surface area (Å²) in [6, 6.07) is 8.77. The van der Waals surface area contributed by atoms with Crippen LogP contribution in [0.15, 0.2) is 49.1 Å². The van der Waals surface area contributed by atoms with Crippen LogP contribution < -0.4 is 14.8 Å². The third-order valence-corrected chi connectivity index (χ3v) is 3.54. The Morgan fingerprint density at radius 3 is 2.48 bits per heavy atom. The molecule has 0 bridgehead atoms. The summed E-state index contributed by atoms with van der Waals surface area (Å²) in [4.78, 5) is 23.5. The van der Waals surface area contributed by atoms with Gasteiger partial charge in [0.15, 0.2) is 0 Å². The third-order valence-electron chi connectivity index (χ3n) is 3.25. The zero-order valence-electron chi connectivity index (χ0n) is 13.4. The number of rotatable bonds is 7. The van der Waals surface area contributed by atoms with Crippen LogP contribution in [-0.2, 0) is 0 Å². The lowest BCUT2D eigenvalue weighted by atomic mass is 10.1. The summed E-state index contributed by atoms with van der Waals surface area (Å²) in [7, 11) is 1.42. The molecular weight excluding hydrogens is 346 g/mol. The predicted molar refractivity (Wildman–Crippen MR) is 95.1 cm³/mol. The largest absolute Gasteiger partial charge is 0.495 e. The summed E-state index contributed by atoms with van der Waals surface area (Å²) >= 11 is 6.10. The molecular formula is C18H16ClNO5. The summed E-state index contributed by atoms with van der Waals surface area (Å²) in [5.41, 5.74) is 0.566. The lowest BCUT2D eigenvalue weighted by Crippen LogP contribution is -2.13. The molecule has 130 valence electrons. The van der Waals surface area contributed by atoms with E-state index in [0.29, 0.717) is 23.7 Å². The molecule has 0 radical (unpaired) electrons. The van der Waals surface area contributed by atoms with Gasteiger partial charge in [0.25, 0.3) is 5.91 Å². The fraction of sp³-hybridized carbons (Fsp3) is 0.111. The Morgan fingerprint density at radius 1 is 1.20 bits per heavy atom. The van der Waals surface area contributed by atoms with Gasteiger partial charge < -0.3 is 19.9 Å². The summed E-state index contributed by atoms with van der Waals surface area (Å²) in [5.74, 6) is -0.790. The summed E-state index contributed by atoms with van der Waals surface area (Å²) in [5, 5.41) is 12.0. The number of carbonyl (C=O) groups is 2. The average Bonchev–Trinajstić information content (AvgIpc) is 2.60. The molecule has 0 aliphatic heterocycles. The summed E-state index contributed by atoms with van der Waals surface area (Å²) in [6.45, 7) is 3.84. The van der Waals surface area contributed by atoms with Crippen LogP contribution in [0.3, 0.4) is 0 Å². The number of hydrogen-bond acceptors (Lipinski definition) is 4. The minimum atomic E-state index is -1.11. The maximum absolute atomic E-state index is 12.4. The van der Waals surface area contributed by atoms with E-state index in [1.165, 1.54) is 31.4 Å². The van der Waals surface area contributed by atoms with Crippen molar-refractivity contribution in [2.45, 2.75) is 0 Å². The minimum absolute atomic E-state index is 0.0299. The van der Waals surface area contributed by atoms with Gasteiger partial charge in [0.1, 0.15) is 18.1 Å². The zero-order chi connectivity index (χ0) is 18.4. The third kappa shape index (κ3) is 4.51. The average molecular weight is 362 g/mol. The molecule has 6 nitrogen and oxygen atoms in total. The zero-order valence-corrected chi connectivity index (χ0v) is 14.2. The number of ether oxygens (including phenoxy) is 2. The summed E-state index contributed by atoms with van der Waals surface area (Å²) in [6.07, 6.45) is 1.58. The van der Waals surface area contributed by atoms with Gasteiger partial charge in [0.2, 0.25) is 0 Å². The fourth-order valence-electron chi connectivity index (χ4n) is 2.04. The van der Waals surface area contributed by atoms with Gasteiger partial charge in [-0.25, -0.2) is 4.79 Å². The molecule has 2 aromatic rings. The van der Waals surface area contributed by atoms with E-state index in [9.17, 15) is 9.59 Å². The molecule has 1 amide bonds. The number of halogens is 1. The highest BCUT2D eigenvalue weighted by Gasteiger charge is 2.14. The van der Waals surface area contributed by atoms with Crippen molar-refractivity contribution in [1.29, 1.82) is 0 Å². The molecule has 7 heteroatoms. The Morgan fingerprint density at radius 2 is 1.88 bits per heavy atom. The van der Waals surface area contributed by atoms with Crippen molar-refractivity contribution < 1.29 is 24.2 Å². The van der Waals surface area contributed by atoms with Crippen LogP contribution in [0.4, 0.5) is 5.69 Å². The fourth-order valence-corrected chi connectivity index (χ4v) is 2.28. The van der Waals surface area contributed by atoms with Gasteiger partial charge in [-0.1, -0.05) is 24.3 Å². The Balaban J connectivity index is 2.24. The predicted octanol–water partition coefficient (Wildman–Crippen LogP) is 3.86. The number of carboxylic acid groups (broad SMARTS) is 1. The van der Waals surface area contributed by atoms with Crippen molar-refractivity contribution in [3.63, 3.8) is 0 Å². The van der Waals surface area contributed by atoms with Crippen LogP contribution in [0.5, 0.6) is 11.5 Å². The van der Waals surface area contributed by atoms with E-state index in [2.05, 4.69) is 11.9 Å². The number of carbonyl (C=O) groups excluding carboxylic acids is 1. The van der Waals surface area contributed by atoms with Gasteiger partial charge in [-0.15, -0.1) is 0 Å². The van der Waals surface area contributed by atoms with E-state index in [-0.39, 0.29) is 16.3 Å². The van der Waals surface area contributed by atoms with Gasteiger partial charge in [0, 0.05) is 5.56 Å².